The van der Waals surface area contributed by atoms with Gasteiger partial charge in [0, 0.05) is 7.11 Å². The molecule has 0 aromatic carbocycles. The number of carboxylic acid groups (broad SMARTS) is 1. The minimum atomic E-state index is -3.61. The smallest absolute Gasteiger partial charge is 0.402 e. The molecule has 0 rings (SSSR count). The van der Waals surface area contributed by atoms with Gasteiger partial charge in [-0.15, -0.1) is 0 Å². The van der Waals surface area contributed by atoms with E-state index in [9.17, 15) is 9.36 Å². The number of nitrogens with two attached hydrogens (primary N) is 2. The Morgan fingerprint density at radius 1 is 1.75 bits per heavy atom. The van der Waals surface area contributed by atoms with Gasteiger partial charge in [-0.3, -0.25) is 9.32 Å². The first kappa shape index (κ1) is 11.5. The van der Waals surface area contributed by atoms with Gasteiger partial charge in [-0.05, 0) is 0 Å². The first-order valence-electron chi connectivity index (χ1n) is 2.96. The second-order valence-corrected chi connectivity index (χ2v) is 3.67. The van der Waals surface area contributed by atoms with Crippen LogP contribution in [0.1, 0.15) is 0 Å². The van der Waals surface area contributed by atoms with Crippen molar-refractivity contribution in [2.75, 3.05) is 13.7 Å². The minimum Gasteiger partial charge on any atom is -0.480 e. The summed E-state index contributed by atoms with van der Waals surface area (Å²) in [5.41, 5.74) is 9.95. The van der Waals surface area contributed by atoms with Crippen LogP contribution < -0.4 is 11.2 Å². The zero-order chi connectivity index (χ0) is 9.78. The van der Waals surface area contributed by atoms with Gasteiger partial charge in [-0.1, -0.05) is 0 Å². The number of carboxylic acids is 1. The number of hydrogen-bond acceptors (Lipinski definition) is 5. The molecule has 0 spiro atoms. The third-order valence-corrected chi connectivity index (χ3v) is 2.02. The van der Waals surface area contributed by atoms with Crippen molar-refractivity contribution in [3.63, 3.8) is 0 Å². The van der Waals surface area contributed by atoms with Gasteiger partial charge in [0.1, 0.15) is 6.04 Å². The van der Waals surface area contributed by atoms with E-state index < -0.39 is 26.4 Å². The zero-order valence-corrected chi connectivity index (χ0v) is 7.36. The minimum absolute atomic E-state index is 0.447. The van der Waals surface area contributed by atoms with Gasteiger partial charge in [0.15, 0.2) is 0 Å². The van der Waals surface area contributed by atoms with E-state index >= 15 is 0 Å². The average molecular weight is 198 g/mol. The fourth-order valence-electron chi connectivity index (χ4n) is 0.308. The molecule has 0 radical (unpaired) electrons. The maximum absolute atomic E-state index is 10.8. The molecule has 7 nitrogen and oxygen atoms in total. The Kier molecular flexibility index (Phi) is 4.36. The summed E-state index contributed by atoms with van der Waals surface area (Å²) in [5, 5.41) is 8.28. The molecule has 0 saturated heterocycles. The highest BCUT2D eigenvalue weighted by Crippen LogP contribution is 2.37. The summed E-state index contributed by atoms with van der Waals surface area (Å²) in [5.74, 6) is -1.26. The Labute approximate surface area is 69.2 Å². The summed E-state index contributed by atoms with van der Waals surface area (Å²) >= 11 is 0. The van der Waals surface area contributed by atoms with E-state index in [-0.39, 0.29) is 0 Å². The van der Waals surface area contributed by atoms with Crippen LogP contribution in [0.2, 0.25) is 0 Å². The maximum atomic E-state index is 10.8. The predicted octanol–water partition coefficient (Wildman–Crippen LogP) is -0.872. The zero-order valence-electron chi connectivity index (χ0n) is 6.47. The van der Waals surface area contributed by atoms with Crippen molar-refractivity contribution in [3.05, 3.63) is 0 Å². The molecule has 12 heavy (non-hydrogen) atoms. The molecule has 0 heterocycles. The molecule has 0 aliphatic rings. The third-order valence-electron chi connectivity index (χ3n) is 1.01. The monoisotopic (exact) mass is 198 g/mol. The molecule has 2 atom stereocenters. The Bertz CT molecular complexity index is 208. The van der Waals surface area contributed by atoms with Crippen molar-refractivity contribution in [3.8, 4) is 0 Å². The fourth-order valence-corrected chi connectivity index (χ4v) is 0.782. The fraction of sp³-hybridized carbons (Fsp3) is 0.750. The largest absolute Gasteiger partial charge is 0.480 e. The van der Waals surface area contributed by atoms with Crippen molar-refractivity contribution < 1.29 is 23.5 Å². The van der Waals surface area contributed by atoms with Crippen LogP contribution in [0.3, 0.4) is 0 Å². The molecule has 0 bridgehead atoms. The number of carbonyl (C=O) groups is 1. The highest BCUT2D eigenvalue weighted by molar-refractivity contribution is 7.51. The van der Waals surface area contributed by atoms with Gasteiger partial charge in [0.2, 0.25) is 0 Å². The van der Waals surface area contributed by atoms with Gasteiger partial charge in [-0.25, -0.2) is 10.1 Å². The first-order chi connectivity index (χ1) is 5.39. The lowest BCUT2D eigenvalue weighted by Crippen LogP contribution is -2.34. The molecule has 0 fully saturated rings. The van der Waals surface area contributed by atoms with Crippen LogP contribution in [0, 0.1) is 0 Å². The second-order valence-electron chi connectivity index (χ2n) is 1.96. The maximum Gasteiger partial charge on any atom is 0.402 e. The highest BCUT2D eigenvalue weighted by atomic mass is 31.2. The van der Waals surface area contributed by atoms with E-state index in [2.05, 4.69) is 9.05 Å². The van der Waals surface area contributed by atoms with E-state index in [0.717, 1.165) is 7.11 Å². The summed E-state index contributed by atoms with van der Waals surface area (Å²) in [7, 11) is -2.52. The molecule has 0 saturated carbocycles. The van der Waals surface area contributed by atoms with Crippen LogP contribution >= 0.6 is 7.75 Å². The molecule has 0 aromatic rings. The van der Waals surface area contributed by atoms with Crippen LogP contribution in [-0.2, 0) is 18.4 Å². The number of aliphatic carboxylic acids is 1. The van der Waals surface area contributed by atoms with E-state index in [4.69, 9.17) is 16.3 Å². The Morgan fingerprint density at radius 2 is 2.25 bits per heavy atom. The van der Waals surface area contributed by atoms with E-state index in [0.29, 0.717) is 0 Å². The summed E-state index contributed by atoms with van der Waals surface area (Å²) < 4.78 is 19.4. The van der Waals surface area contributed by atoms with E-state index in [1.54, 1.807) is 0 Å². The average Bonchev–Trinajstić information content (AvgIpc) is 2.00. The molecule has 5 N–H and O–H groups in total. The van der Waals surface area contributed by atoms with E-state index in [1.807, 2.05) is 0 Å². The summed E-state index contributed by atoms with van der Waals surface area (Å²) in [6.45, 7) is -0.447. The normalized spacial score (nSPS) is 18.2. The highest BCUT2D eigenvalue weighted by Gasteiger charge is 2.20. The number of rotatable bonds is 5. The van der Waals surface area contributed by atoms with Gasteiger partial charge in [0.05, 0.1) is 6.61 Å². The number of hydrogen-bond donors (Lipinski definition) is 3. The Hall–Kier alpha value is -0.460. The summed E-state index contributed by atoms with van der Waals surface area (Å²) in [6, 6.07) is -1.25. The SMILES string of the molecule is CO[P@@](N)(=O)OC[C@H](N)C(=O)O. The second kappa shape index (κ2) is 4.54. The lowest BCUT2D eigenvalue weighted by molar-refractivity contribution is -0.139. The first-order valence-corrected chi connectivity index (χ1v) is 4.57. The molecule has 0 aliphatic carbocycles. The van der Waals surface area contributed by atoms with Crippen LogP contribution in [0.15, 0.2) is 0 Å². The molecule has 0 unspecified atom stereocenters. The van der Waals surface area contributed by atoms with Crippen LogP contribution in [-0.4, -0.2) is 30.8 Å². The molecular formula is C4H11N2O5P. The topological polar surface area (TPSA) is 125 Å². The van der Waals surface area contributed by atoms with Crippen molar-refractivity contribution in [1.29, 1.82) is 0 Å². The van der Waals surface area contributed by atoms with Gasteiger partial charge >= 0.3 is 13.7 Å². The van der Waals surface area contributed by atoms with Crippen LogP contribution in [0.25, 0.3) is 0 Å². The van der Waals surface area contributed by atoms with Crippen molar-refractivity contribution >= 4 is 13.7 Å². The Balaban J connectivity index is 3.83. The quantitative estimate of drug-likeness (QED) is 0.490. The lowest BCUT2D eigenvalue weighted by atomic mass is 10.3. The molecule has 72 valence electrons. The summed E-state index contributed by atoms with van der Waals surface area (Å²) in [6.07, 6.45) is 0. The molecule has 0 aliphatic heterocycles. The molecule has 0 aromatic heterocycles. The van der Waals surface area contributed by atoms with Gasteiger partial charge < -0.3 is 15.4 Å². The van der Waals surface area contributed by atoms with Crippen LogP contribution in [0.4, 0.5) is 0 Å². The van der Waals surface area contributed by atoms with Crippen molar-refractivity contribution in [1.82, 2.24) is 0 Å². The van der Waals surface area contributed by atoms with Crippen molar-refractivity contribution in [2.45, 2.75) is 6.04 Å². The predicted molar refractivity (Wildman–Crippen MR) is 40.4 cm³/mol. The Morgan fingerprint density at radius 3 is 2.58 bits per heavy atom. The van der Waals surface area contributed by atoms with Gasteiger partial charge in [-0.2, -0.15) is 0 Å². The van der Waals surface area contributed by atoms with Crippen LogP contribution in [0.5, 0.6) is 0 Å². The van der Waals surface area contributed by atoms with E-state index in [1.165, 1.54) is 0 Å². The third kappa shape index (κ3) is 4.42. The molecule has 8 heteroatoms. The molecular weight excluding hydrogens is 187 g/mol. The molecule has 0 amide bonds. The summed E-state index contributed by atoms with van der Waals surface area (Å²) in [4.78, 5) is 10.1. The van der Waals surface area contributed by atoms with Gasteiger partial charge in [0.25, 0.3) is 0 Å². The standard InChI is InChI=1S/C4H11N2O5P/c1-10-12(6,9)11-2-3(5)4(7)8/h3H,2,5H2,1H3,(H2,6,9)(H,7,8)/t3-,12+/m0/s1. The van der Waals surface area contributed by atoms with Crippen molar-refractivity contribution in [2.24, 2.45) is 11.2 Å². The lowest BCUT2D eigenvalue weighted by Gasteiger charge is -2.12.